The van der Waals surface area contributed by atoms with Crippen molar-refractivity contribution in [3.05, 3.63) is 65.2 Å². The number of hydrogen-bond acceptors (Lipinski definition) is 5. The summed E-state index contributed by atoms with van der Waals surface area (Å²) in [4.78, 5) is 0. The molecule has 0 aliphatic carbocycles. The van der Waals surface area contributed by atoms with Gasteiger partial charge in [-0.3, -0.25) is 5.01 Å². The topological polar surface area (TPSA) is 77.8 Å². The molecule has 0 amide bonds. The Bertz CT molecular complexity index is 746. The van der Waals surface area contributed by atoms with E-state index in [9.17, 15) is 0 Å². The van der Waals surface area contributed by atoms with Gasteiger partial charge in [-0.25, -0.2) is 5.84 Å². The normalized spacial score (nSPS) is 10.9. The molecule has 2 aromatic rings. The number of nitriles is 1. The Hall–Kier alpha value is -2.62. The second-order valence-electron chi connectivity index (χ2n) is 4.78. The fourth-order valence-electron chi connectivity index (χ4n) is 1.97. The zero-order chi connectivity index (χ0) is 16.7. The van der Waals surface area contributed by atoms with Crippen LogP contribution in [0, 0.1) is 18.3 Å². The van der Waals surface area contributed by atoms with Gasteiger partial charge in [-0.15, -0.1) is 5.10 Å². The van der Waals surface area contributed by atoms with Crippen LogP contribution in [0.2, 0.25) is 0 Å². The SMILES string of the molecule is C=N/N=C(/SCc1ccc(C#N)cc1)N(N)c1ccccc1C. The highest BCUT2D eigenvalue weighted by atomic mass is 32.2. The number of nitrogens with two attached hydrogens (primary N) is 1. The van der Waals surface area contributed by atoms with Crippen molar-refractivity contribution in [3.8, 4) is 6.07 Å². The Morgan fingerprint density at radius 1 is 1.26 bits per heavy atom. The summed E-state index contributed by atoms with van der Waals surface area (Å²) in [6, 6.07) is 17.3. The summed E-state index contributed by atoms with van der Waals surface area (Å²) in [6.45, 7) is 5.39. The number of hydrazine groups is 1. The van der Waals surface area contributed by atoms with Crippen molar-refractivity contribution < 1.29 is 0 Å². The van der Waals surface area contributed by atoms with E-state index in [-0.39, 0.29) is 0 Å². The Kier molecular flexibility index (Phi) is 5.92. The van der Waals surface area contributed by atoms with Crippen LogP contribution in [-0.2, 0) is 5.75 Å². The maximum atomic E-state index is 8.82. The van der Waals surface area contributed by atoms with E-state index in [1.165, 1.54) is 16.8 Å². The summed E-state index contributed by atoms with van der Waals surface area (Å²) in [6.07, 6.45) is 0. The highest BCUT2D eigenvalue weighted by Crippen LogP contribution is 2.23. The molecule has 116 valence electrons. The van der Waals surface area contributed by atoms with Gasteiger partial charge in [0.25, 0.3) is 0 Å². The lowest BCUT2D eigenvalue weighted by Gasteiger charge is -2.21. The molecule has 2 aromatic carbocycles. The van der Waals surface area contributed by atoms with Crippen molar-refractivity contribution in [2.75, 3.05) is 5.01 Å². The molecule has 2 rings (SSSR count). The van der Waals surface area contributed by atoms with Crippen LogP contribution in [0.4, 0.5) is 5.69 Å². The molecule has 2 N–H and O–H groups in total. The fraction of sp³-hybridized carbons (Fsp3) is 0.118. The molecule has 0 saturated carbocycles. The van der Waals surface area contributed by atoms with Crippen LogP contribution in [0.5, 0.6) is 0 Å². The lowest BCUT2D eigenvalue weighted by atomic mass is 10.2. The molecule has 0 aliphatic rings. The molecular formula is C17H17N5S. The molecule has 0 saturated heterocycles. The van der Waals surface area contributed by atoms with Crippen LogP contribution < -0.4 is 10.9 Å². The number of amidine groups is 1. The molecule has 0 bridgehead atoms. The Morgan fingerprint density at radius 2 is 1.96 bits per heavy atom. The molecule has 0 aliphatic heterocycles. The van der Waals surface area contributed by atoms with Crippen molar-refractivity contribution in [2.45, 2.75) is 12.7 Å². The van der Waals surface area contributed by atoms with E-state index >= 15 is 0 Å². The molecule has 23 heavy (non-hydrogen) atoms. The van der Waals surface area contributed by atoms with Gasteiger partial charge in [0, 0.05) is 12.5 Å². The van der Waals surface area contributed by atoms with Crippen molar-refractivity contribution >= 4 is 29.3 Å². The van der Waals surface area contributed by atoms with Crippen molar-refractivity contribution in [1.29, 1.82) is 5.26 Å². The number of aryl methyl sites for hydroxylation is 1. The lowest BCUT2D eigenvalue weighted by molar-refractivity contribution is 1.10. The van der Waals surface area contributed by atoms with Crippen LogP contribution >= 0.6 is 11.8 Å². The first kappa shape index (κ1) is 16.7. The fourth-order valence-corrected chi connectivity index (χ4v) is 2.81. The van der Waals surface area contributed by atoms with Gasteiger partial charge in [-0.05, 0) is 36.2 Å². The van der Waals surface area contributed by atoms with E-state index < -0.39 is 0 Å². The lowest BCUT2D eigenvalue weighted by Crippen LogP contribution is -2.36. The first-order valence-corrected chi connectivity index (χ1v) is 7.90. The zero-order valence-corrected chi connectivity index (χ0v) is 13.6. The van der Waals surface area contributed by atoms with Gasteiger partial charge in [0.1, 0.15) is 0 Å². The van der Waals surface area contributed by atoms with Gasteiger partial charge in [0.05, 0.1) is 17.3 Å². The van der Waals surface area contributed by atoms with Crippen LogP contribution in [0.25, 0.3) is 0 Å². The molecular weight excluding hydrogens is 306 g/mol. The second kappa shape index (κ2) is 8.13. The van der Waals surface area contributed by atoms with Crippen molar-refractivity contribution in [1.82, 2.24) is 0 Å². The van der Waals surface area contributed by atoms with Crippen LogP contribution in [0.15, 0.2) is 58.7 Å². The number of nitrogens with zero attached hydrogens (tertiary/aromatic N) is 4. The highest BCUT2D eigenvalue weighted by Gasteiger charge is 2.13. The summed E-state index contributed by atoms with van der Waals surface area (Å²) in [7, 11) is 0. The van der Waals surface area contributed by atoms with Gasteiger partial charge < -0.3 is 0 Å². The summed E-state index contributed by atoms with van der Waals surface area (Å²) < 4.78 is 0. The summed E-state index contributed by atoms with van der Waals surface area (Å²) >= 11 is 1.46. The van der Waals surface area contributed by atoms with Crippen LogP contribution in [0.3, 0.4) is 0 Å². The number of rotatable bonds is 4. The largest absolute Gasteiger partial charge is 0.255 e. The average molecular weight is 323 g/mol. The third kappa shape index (κ3) is 4.42. The van der Waals surface area contributed by atoms with E-state index in [4.69, 9.17) is 11.1 Å². The van der Waals surface area contributed by atoms with E-state index in [2.05, 4.69) is 23.0 Å². The van der Waals surface area contributed by atoms with Crippen molar-refractivity contribution in [3.63, 3.8) is 0 Å². The summed E-state index contributed by atoms with van der Waals surface area (Å²) in [5.41, 5.74) is 3.62. The number of para-hydroxylation sites is 1. The molecule has 6 heteroatoms. The average Bonchev–Trinajstić information content (AvgIpc) is 2.59. The molecule has 0 radical (unpaired) electrons. The molecule has 0 atom stereocenters. The van der Waals surface area contributed by atoms with Crippen LogP contribution in [0.1, 0.15) is 16.7 Å². The minimum Gasteiger partial charge on any atom is -0.255 e. The molecule has 0 aromatic heterocycles. The predicted octanol–water partition coefficient (Wildman–Crippen LogP) is 3.45. The van der Waals surface area contributed by atoms with E-state index in [1.54, 1.807) is 12.1 Å². The van der Waals surface area contributed by atoms with E-state index in [0.717, 1.165) is 16.8 Å². The van der Waals surface area contributed by atoms with Gasteiger partial charge in [0.15, 0.2) is 0 Å². The Morgan fingerprint density at radius 3 is 2.57 bits per heavy atom. The summed E-state index contributed by atoms with van der Waals surface area (Å²) in [5, 5.41) is 18.5. The quantitative estimate of drug-likeness (QED) is 0.404. The number of thioether (sulfide) groups is 1. The van der Waals surface area contributed by atoms with Gasteiger partial charge in [0.2, 0.25) is 5.17 Å². The second-order valence-corrected chi connectivity index (χ2v) is 5.72. The van der Waals surface area contributed by atoms with Gasteiger partial charge in [-0.1, -0.05) is 42.1 Å². The van der Waals surface area contributed by atoms with Crippen LogP contribution in [-0.4, -0.2) is 11.9 Å². The Balaban J connectivity index is 2.13. The van der Waals surface area contributed by atoms with Gasteiger partial charge in [-0.2, -0.15) is 10.4 Å². The molecule has 0 heterocycles. The first-order chi connectivity index (χ1) is 11.2. The maximum Gasteiger partial charge on any atom is 0.204 e. The maximum absolute atomic E-state index is 8.82. The number of benzene rings is 2. The van der Waals surface area contributed by atoms with E-state index in [1.807, 2.05) is 43.3 Å². The minimum absolute atomic E-state index is 0.554. The monoisotopic (exact) mass is 323 g/mol. The third-order valence-corrected chi connectivity index (χ3v) is 4.20. The molecule has 0 fully saturated rings. The van der Waals surface area contributed by atoms with E-state index in [0.29, 0.717) is 16.5 Å². The zero-order valence-electron chi connectivity index (χ0n) is 12.8. The standard InChI is InChI=1S/C17H17N5S/c1-13-5-3-4-6-16(13)22(19)17(21-20-2)23-12-15-9-7-14(11-18)8-10-15/h3-10H,2,12,19H2,1H3/b21-17+. The predicted molar refractivity (Wildman–Crippen MR) is 97.3 cm³/mol. The smallest absolute Gasteiger partial charge is 0.204 e. The van der Waals surface area contributed by atoms with Gasteiger partial charge >= 0.3 is 0 Å². The number of anilines is 1. The summed E-state index contributed by atoms with van der Waals surface area (Å²) in [5.74, 6) is 6.85. The Labute approximate surface area is 140 Å². The molecule has 0 spiro atoms. The highest BCUT2D eigenvalue weighted by molar-refractivity contribution is 8.13. The molecule has 5 nitrogen and oxygen atoms in total. The number of hydrogen-bond donors (Lipinski definition) is 1. The van der Waals surface area contributed by atoms with Crippen molar-refractivity contribution in [2.24, 2.45) is 16.0 Å². The minimum atomic E-state index is 0.554. The first-order valence-electron chi connectivity index (χ1n) is 6.91. The molecule has 0 unspecified atom stereocenters. The third-order valence-electron chi connectivity index (χ3n) is 3.19.